The molecule has 0 aliphatic carbocycles. The molecule has 0 aliphatic heterocycles. The number of likely N-dealkylation sites (N-methyl/N-ethyl adjacent to an activating group) is 1. The number of hydrogen-bond acceptors (Lipinski definition) is 2. The smallest absolute Gasteiger partial charge is 0.237 e. The van der Waals surface area contributed by atoms with Gasteiger partial charge in [-0.3, -0.25) is 9.59 Å². The van der Waals surface area contributed by atoms with Crippen LogP contribution in [0.2, 0.25) is 0 Å². The molecule has 0 aromatic heterocycles. The van der Waals surface area contributed by atoms with Gasteiger partial charge >= 0.3 is 0 Å². The Morgan fingerprint density at radius 2 is 1.94 bits per heavy atom. The summed E-state index contributed by atoms with van der Waals surface area (Å²) in [6.07, 6.45) is 2.14. The van der Waals surface area contributed by atoms with Gasteiger partial charge in [0.2, 0.25) is 11.8 Å². The Labute approximate surface area is 101 Å². The molecule has 0 atom stereocenters. The predicted molar refractivity (Wildman–Crippen MR) is 65.9 cm³/mol. The van der Waals surface area contributed by atoms with Crippen LogP contribution in [-0.2, 0) is 16.0 Å². The van der Waals surface area contributed by atoms with Gasteiger partial charge in [-0.1, -0.05) is 30.3 Å². The molecule has 0 aliphatic rings. The van der Waals surface area contributed by atoms with E-state index in [1.807, 2.05) is 37.3 Å². The lowest BCUT2D eigenvalue weighted by Gasteiger charge is -2.18. The van der Waals surface area contributed by atoms with Gasteiger partial charge in [-0.2, -0.15) is 0 Å². The highest BCUT2D eigenvalue weighted by molar-refractivity contribution is 5.89. The fourth-order valence-corrected chi connectivity index (χ4v) is 1.48. The van der Waals surface area contributed by atoms with Gasteiger partial charge in [-0.05, 0) is 18.9 Å². The van der Waals surface area contributed by atoms with E-state index in [9.17, 15) is 9.59 Å². The Bertz CT molecular complexity index is 376. The fourth-order valence-electron chi connectivity index (χ4n) is 1.48. The first-order chi connectivity index (χ1) is 8.13. The summed E-state index contributed by atoms with van der Waals surface area (Å²) in [5.41, 5.74) is 6.13. The van der Waals surface area contributed by atoms with E-state index < -0.39 is 5.91 Å². The molecule has 1 radical (unpaired) electrons. The predicted octanol–water partition coefficient (Wildman–Crippen LogP) is 0.767. The van der Waals surface area contributed by atoms with Crippen LogP contribution in [0.1, 0.15) is 12.5 Å². The average molecular weight is 233 g/mol. The van der Waals surface area contributed by atoms with E-state index in [1.54, 1.807) is 6.42 Å². The lowest BCUT2D eigenvalue weighted by Crippen LogP contribution is -2.38. The Morgan fingerprint density at radius 3 is 2.47 bits per heavy atom. The van der Waals surface area contributed by atoms with E-state index in [4.69, 9.17) is 5.73 Å². The third-order valence-corrected chi connectivity index (χ3v) is 2.40. The van der Waals surface area contributed by atoms with Crippen LogP contribution in [-0.4, -0.2) is 29.8 Å². The van der Waals surface area contributed by atoms with E-state index in [1.165, 1.54) is 4.90 Å². The summed E-state index contributed by atoms with van der Waals surface area (Å²) in [6.45, 7) is 2.27. The fraction of sp³-hybridized carbons (Fsp3) is 0.308. The second kappa shape index (κ2) is 6.68. The van der Waals surface area contributed by atoms with Crippen molar-refractivity contribution in [2.75, 3.05) is 13.1 Å². The summed E-state index contributed by atoms with van der Waals surface area (Å²) >= 11 is 0. The number of rotatable bonds is 6. The molecule has 91 valence electrons. The van der Waals surface area contributed by atoms with E-state index in [-0.39, 0.29) is 12.5 Å². The van der Waals surface area contributed by atoms with Gasteiger partial charge in [-0.25, -0.2) is 0 Å². The van der Waals surface area contributed by atoms with Gasteiger partial charge in [0.25, 0.3) is 0 Å². The van der Waals surface area contributed by atoms with Crippen LogP contribution in [0.4, 0.5) is 0 Å². The van der Waals surface area contributed by atoms with Crippen LogP contribution in [0.25, 0.3) is 0 Å². The van der Waals surface area contributed by atoms with Crippen molar-refractivity contribution in [3.05, 3.63) is 42.3 Å². The molecule has 1 aromatic carbocycles. The maximum absolute atomic E-state index is 11.7. The number of benzene rings is 1. The van der Waals surface area contributed by atoms with Crippen LogP contribution in [0, 0.1) is 6.42 Å². The second-order valence-corrected chi connectivity index (χ2v) is 3.71. The summed E-state index contributed by atoms with van der Waals surface area (Å²) in [7, 11) is 0. The molecular formula is C13H17N2O2. The minimum absolute atomic E-state index is 0.0272. The molecule has 0 heterocycles. The lowest BCUT2D eigenvalue weighted by molar-refractivity contribution is -0.132. The quantitative estimate of drug-likeness (QED) is 0.788. The van der Waals surface area contributed by atoms with Crippen molar-refractivity contribution in [2.45, 2.75) is 13.3 Å². The molecule has 0 saturated carbocycles. The van der Waals surface area contributed by atoms with E-state index in [2.05, 4.69) is 0 Å². The Hall–Kier alpha value is -1.84. The summed E-state index contributed by atoms with van der Waals surface area (Å²) in [5, 5.41) is 0. The Kier molecular flexibility index (Phi) is 5.20. The summed E-state index contributed by atoms with van der Waals surface area (Å²) in [4.78, 5) is 23.9. The van der Waals surface area contributed by atoms with Crippen LogP contribution >= 0.6 is 0 Å². The van der Waals surface area contributed by atoms with Crippen LogP contribution in [0.15, 0.2) is 30.3 Å². The SMILES string of the molecule is CCN(CC(N)=O)C(=O)[CH]Cc1ccccc1. The third-order valence-electron chi connectivity index (χ3n) is 2.40. The Morgan fingerprint density at radius 1 is 1.29 bits per heavy atom. The van der Waals surface area contributed by atoms with Crippen LogP contribution < -0.4 is 5.73 Å². The van der Waals surface area contributed by atoms with E-state index in [0.717, 1.165) is 5.56 Å². The normalized spacial score (nSPS) is 9.94. The maximum atomic E-state index is 11.7. The zero-order valence-electron chi connectivity index (χ0n) is 9.93. The number of primary amides is 1. The zero-order valence-corrected chi connectivity index (χ0v) is 9.93. The van der Waals surface area contributed by atoms with Crippen molar-refractivity contribution in [1.82, 2.24) is 4.90 Å². The number of carbonyl (C=O) groups excluding carboxylic acids is 2. The van der Waals surface area contributed by atoms with Crippen molar-refractivity contribution in [3.63, 3.8) is 0 Å². The molecule has 0 saturated heterocycles. The highest BCUT2D eigenvalue weighted by Crippen LogP contribution is 2.03. The highest BCUT2D eigenvalue weighted by Gasteiger charge is 2.13. The molecule has 1 aromatic rings. The first kappa shape index (κ1) is 13.2. The zero-order chi connectivity index (χ0) is 12.7. The number of amides is 2. The van der Waals surface area contributed by atoms with E-state index in [0.29, 0.717) is 13.0 Å². The van der Waals surface area contributed by atoms with Gasteiger partial charge in [0, 0.05) is 6.54 Å². The number of hydrogen-bond donors (Lipinski definition) is 1. The first-order valence-corrected chi connectivity index (χ1v) is 5.57. The topological polar surface area (TPSA) is 63.4 Å². The minimum Gasteiger partial charge on any atom is -0.368 e. The molecular weight excluding hydrogens is 216 g/mol. The van der Waals surface area contributed by atoms with Crippen molar-refractivity contribution >= 4 is 11.8 Å². The van der Waals surface area contributed by atoms with Gasteiger partial charge in [0.15, 0.2) is 0 Å². The highest BCUT2D eigenvalue weighted by atomic mass is 16.2. The van der Waals surface area contributed by atoms with Gasteiger partial charge in [-0.15, -0.1) is 0 Å². The van der Waals surface area contributed by atoms with Crippen LogP contribution in [0.3, 0.4) is 0 Å². The van der Waals surface area contributed by atoms with Gasteiger partial charge in [0.05, 0.1) is 13.0 Å². The van der Waals surface area contributed by atoms with Crippen molar-refractivity contribution in [2.24, 2.45) is 5.73 Å². The lowest BCUT2D eigenvalue weighted by atomic mass is 10.1. The third kappa shape index (κ3) is 4.68. The minimum atomic E-state index is -0.492. The summed E-state index contributed by atoms with van der Waals surface area (Å²) < 4.78 is 0. The molecule has 17 heavy (non-hydrogen) atoms. The molecule has 2 amide bonds. The summed E-state index contributed by atoms with van der Waals surface area (Å²) in [6, 6.07) is 9.68. The molecule has 4 heteroatoms. The molecule has 2 N–H and O–H groups in total. The first-order valence-electron chi connectivity index (χ1n) is 5.57. The molecule has 0 bridgehead atoms. The number of nitrogens with zero attached hydrogens (tertiary/aromatic N) is 1. The van der Waals surface area contributed by atoms with Crippen molar-refractivity contribution < 1.29 is 9.59 Å². The molecule has 0 unspecified atom stereocenters. The van der Waals surface area contributed by atoms with Crippen molar-refractivity contribution in [1.29, 1.82) is 0 Å². The molecule has 0 fully saturated rings. The van der Waals surface area contributed by atoms with E-state index >= 15 is 0 Å². The maximum Gasteiger partial charge on any atom is 0.237 e. The molecule has 0 spiro atoms. The van der Waals surface area contributed by atoms with Crippen molar-refractivity contribution in [3.8, 4) is 0 Å². The van der Waals surface area contributed by atoms with Crippen LogP contribution in [0.5, 0.6) is 0 Å². The monoisotopic (exact) mass is 233 g/mol. The number of carbonyl (C=O) groups is 2. The molecule has 1 rings (SSSR count). The number of nitrogens with two attached hydrogens (primary N) is 1. The average Bonchev–Trinajstić information content (AvgIpc) is 2.34. The second-order valence-electron chi connectivity index (χ2n) is 3.71. The van der Waals surface area contributed by atoms with Gasteiger partial charge < -0.3 is 10.6 Å². The van der Waals surface area contributed by atoms with Gasteiger partial charge in [0.1, 0.15) is 0 Å². The Balaban J connectivity index is 2.45. The summed E-state index contributed by atoms with van der Waals surface area (Å²) in [5.74, 6) is -0.650. The molecule has 4 nitrogen and oxygen atoms in total. The largest absolute Gasteiger partial charge is 0.368 e. The standard InChI is InChI=1S/C13H17N2O2/c1-2-15(10-12(14)16)13(17)9-8-11-6-4-3-5-7-11/h3-7,9H,2,8,10H2,1H3,(H2,14,16).